The highest BCUT2D eigenvalue weighted by molar-refractivity contribution is 5.77. The van der Waals surface area contributed by atoms with E-state index in [2.05, 4.69) is 10.3 Å². The Bertz CT molecular complexity index is 443. The summed E-state index contributed by atoms with van der Waals surface area (Å²) in [6, 6.07) is -0.848. The van der Waals surface area contributed by atoms with Gasteiger partial charge in [0.25, 0.3) is 0 Å². The largest absolute Gasteiger partial charge is 0.480 e. The Hall–Kier alpha value is -2.12. The summed E-state index contributed by atoms with van der Waals surface area (Å²) in [5.41, 5.74) is 0. The van der Waals surface area contributed by atoms with Gasteiger partial charge < -0.3 is 20.5 Å². The van der Waals surface area contributed by atoms with E-state index in [0.29, 0.717) is 6.42 Å². The molecule has 0 fully saturated rings. The van der Waals surface area contributed by atoms with E-state index in [1.54, 1.807) is 7.05 Å². The normalized spacial score (nSPS) is 12.1. The van der Waals surface area contributed by atoms with Crippen molar-refractivity contribution in [1.82, 2.24) is 9.55 Å². The highest BCUT2D eigenvalue weighted by atomic mass is 16.6. The maximum Gasteiger partial charge on any atom is 0.406 e. The number of carboxylic acids is 1. The van der Waals surface area contributed by atoms with E-state index < -0.39 is 16.9 Å². The molecule has 0 radical (unpaired) electrons. The van der Waals surface area contributed by atoms with Crippen molar-refractivity contribution in [3.63, 3.8) is 0 Å². The molecule has 8 heteroatoms. The van der Waals surface area contributed by atoms with Gasteiger partial charge >= 0.3 is 11.8 Å². The van der Waals surface area contributed by atoms with Gasteiger partial charge in [-0.15, -0.1) is 0 Å². The second-order valence-electron chi connectivity index (χ2n) is 3.96. The van der Waals surface area contributed by atoms with Crippen LogP contribution >= 0.6 is 0 Å². The third kappa shape index (κ3) is 3.19. The van der Waals surface area contributed by atoms with Gasteiger partial charge in [0.2, 0.25) is 12.1 Å². The van der Waals surface area contributed by atoms with Gasteiger partial charge in [-0.2, -0.15) is 0 Å². The molecular weight excluding hydrogens is 240 g/mol. The van der Waals surface area contributed by atoms with Gasteiger partial charge in [-0.25, -0.2) is 4.79 Å². The first kappa shape index (κ1) is 13.9. The number of anilines is 1. The number of carbonyl (C=O) groups is 1. The van der Waals surface area contributed by atoms with Gasteiger partial charge in [0.05, 0.1) is 0 Å². The molecule has 0 bridgehead atoms. The summed E-state index contributed by atoms with van der Waals surface area (Å²) in [6.07, 6.45) is 3.28. The van der Waals surface area contributed by atoms with E-state index >= 15 is 0 Å². The molecule has 0 aliphatic heterocycles. The average molecular weight is 256 g/mol. The van der Waals surface area contributed by atoms with Crippen LogP contribution in [0.5, 0.6) is 0 Å². The number of nitrogens with zero attached hydrogens (tertiary/aromatic N) is 3. The van der Waals surface area contributed by atoms with Crippen molar-refractivity contribution >= 4 is 17.6 Å². The molecule has 0 saturated heterocycles. The molecule has 0 aromatic carbocycles. The van der Waals surface area contributed by atoms with E-state index in [1.165, 1.54) is 10.9 Å². The zero-order valence-corrected chi connectivity index (χ0v) is 10.3. The quantitative estimate of drug-likeness (QED) is 0.563. The molecule has 0 saturated carbocycles. The van der Waals surface area contributed by atoms with Crippen LogP contribution in [0.2, 0.25) is 0 Å². The van der Waals surface area contributed by atoms with Crippen LogP contribution in [-0.4, -0.2) is 31.6 Å². The van der Waals surface area contributed by atoms with Crippen molar-refractivity contribution in [3.8, 4) is 0 Å². The van der Waals surface area contributed by atoms with Gasteiger partial charge in [0.15, 0.2) is 0 Å². The van der Waals surface area contributed by atoms with Crippen LogP contribution in [0.15, 0.2) is 6.33 Å². The highest BCUT2D eigenvalue weighted by Crippen LogP contribution is 2.22. The van der Waals surface area contributed by atoms with Crippen LogP contribution in [-0.2, 0) is 11.8 Å². The molecule has 8 nitrogen and oxygen atoms in total. The van der Waals surface area contributed by atoms with E-state index in [1.807, 2.05) is 6.92 Å². The molecule has 1 atom stereocenters. The Balaban J connectivity index is 2.89. The van der Waals surface area contributed by atoms with Crippen molar-refractivity contribution in [2.75, 3.05) is 5.32 Å². The lowest BCUT2D eigenvalue weighted by Crippen LogP contribution is -2.30. The van der Waals surface area contributed by atoms with Crippen LogP contribution in [0.3, 0.4) is 0 Å². The lowest BCUT2D eigenvalue weighted by Gasteiger charge is -2.14. The molecule has 0 aliphatic rings. The van der Waals surface area contributed by atoms with Crippen LogP contribution in [0.1, 0.15) is 26.2 Å². The molecular formula is C10H16N4O4. The molecule has 1 aromatic rings. The number of rotatable bonds is 7. The molecule has 0 amide bonds. The van der Waals surface area contributed by atoms with E-state index in [-0.39, 0.29) is 11.6 Å². The minimum absolute atomic E-state index is 0.114. The van der Waals surface area contributed by atoms with Crippen LogP contribution < -0.4 is 5.32 Å². The second-order valence-corrected chi connectivity index (χ2v) is 3.96. The Morgan fingerprint density at radius 1 is 1.72 bits per heavy atom. The predicted octanol–water partition coefficient (Wildman–Crippen LogP) is 1.38. The first-order chi connectivity index (χ1) is 8.47. The molecule has 2 N–H and O–H groups in total. The first-order valence-electron chi connectivity index (χ1n) is 5.62. The van der Waals surface area contributed by atoms with Gasteiger partial charge in [-0.1, -0.05) is 19.8 Å². The van der Waals surface area contributed by atoms with Crippen molar-refractivity contribution in [1.29, 1.82) is 0 Å². The number of unbranched alkanes of at least 4 members (excludes halogenated alkanes) is 1. The van der Waals surface area contributed by atoms with Crippen LogP contribution in [0.25, 0.3) is 0 Å². The first-order valence-corrected chi connectivity index (χ1v) is 5.62. The average Bonchev–Trinajstić information content (AvgIpc) is 2.65. The van der Waals surface area contributed by atoms with Gasteiger partial charge in [0, 0.05) is 7.05 Å². The summed E-state index contributed by atoms with van der Waals surface area (Å²) in [6.45, 7) is 1.95. The van der Waals surface area contributed by atoms with E-state index in [9.17, 15) is 14.9 Å². The number of aliphatic carboxylic acids is 1. The Kier molecular flexibility index (Phi) is 4.64. The van der Waals surface area contributed by atoms with Crippen LogP contribution in [0.4, 0.5) is 11.6 Å². The topological polar surface area (TPSA) is 110 Å². The van der Waals surface area contributed by atoms with Crippen molar-refractivity contribution in [2.24, 2.45) is 7.05 Å². The molecule has 0 aliphatic carbocycles. The van der Waals surface area contributed by atoms with Crippen molar-refractivity contribution in [2.45, 2.75) is 32.2 Å². The van der Waals surface area contributed by atoms with E-state index in [4.69, 9.17) is 5.11 Å². The predicted molar refractivity (Wildman–Crippen MR) is 64.4 cm³/mol. The Labute approximate surface area is 104 Å². The molecule has 1 heterocycles. The summed E-state index contributed by atoms with van der Waals surface area (Å²) >= 11 is 0. The lowest BCUT2D eigenvalue weighted by molar-refractivity contribution is -0.388. The van der Waals surface area contributed by atoms with Crippen molar-refractivity contribution in [3.05, 3.63) is 16.4 Å². The highest BCUT2D eigenvalue weighted by Gasteiger charge is 2.25. The second kappa shape index (κ2) is 5.99. The maximum absolute atomic E-state index is 11.1. The molecule has 1 rings (SSSR count). The fraction of sp³-hybridized carbons (Fsp3) is 0.600. The van der Waals surface area contributed by atoms with Crippen molar-refractivity contribution < 1.29 is 14.8 Å². The SMILES string of the molecule is CCCC[C@H](Nc1c([N+](=O)[O-])ncn1C)C(=O)O. The van der Waals surface area contributed by atoms with Crippen LogP contribution in [0, 0.1) is 10.1 Å². The van der Waals surface area contributed by atoms with Gasteiger partial charge in [-0.3, -0.25) is 4.57 Å². The molecule has 0 spiro atoms. The standard InChI is InChI=1S/C10H16N4O4/c1-3-4-5-7(10(15)16)12-9-8(14(17)18)11-6-13(9)2/h6-7,12H,3-5H2,1-2H3,(H,15,16)/t7-/m0/s1. The number of hydrogen-bond acceptors (Lipinski definition) is 5. The number of hydrogen-bond donors (Lipinski definition) is 2. The Morgan fingerprint density at radius 3 is 2.89 bits per heavy atom. The summed E-state index contributed by atoms with van der Waals surface area (Å²) in [5.74, 6) is -1.28. The number of nitrogens with one attached hydrogen (secondary N) is 1. The molecule has 100 valence electrons. The number of nitro groups is 1. The minimum atomic E-state index is -1.03. The number of carboxylic acid groups (broad SMARTS) is 1. The van der Waals surface area contributed by atoms with E-state index in [0.717, 1.165) is 12.8 Å². The summed E-state index contributed by atoms with van der Waals surface area (Å²) in [7, 11) is 1.57. The van der Waals surface area contributed by atoms with Gasteiger partial charge in [0.1, 0.15) is 6.04 Å². The third-order valence-corrected chi connectivity index (χ3v) is 2.55. The minimum Gasteiger partial charge on any atom is -0.480 e. The maximum atomic E-state index is 11.1. The zero-order chi connectivity index (χ0) is 13.7. The van der Waals surface area contributed by atoms with Gasteiger partial charge in [-0.05, 0) is 16.3 Å². The lowest BCUT2D eigenvalue weighted by atomic mass is 10.1. The zero-order valence-electron chi connectivity index (χ0n) is 10.3. The summed E-state index contributed by atoms with van der Waals surface area (Å²) in [4.78, 5) is 24.8. The fourth-order valence-corrected chi connectivity index (χ4v) is 1.55. The summed E-state index contributed by atoms with van der Waals surface area (Å²) in [5, 5.41) is 22.5. The summed E-state index contributed by atoms with van der Waals surface area (Å²) < 4.78 is 1.40. The third-order valence-electron chi connectivity index (χ3n) is 2.55. The Morgan fingerprint density at radius 2 is 2.39 bits per heavy atom. The number of imidazole rings is 1. The smallest absolute Gasteiger partial charge is 0.406 e. The monoisotopic (exact) mass is 256 g/mol. The number of aryl methyl sites for hydroxylation is 1. The fourth-order valence-electron chi connectivity index (χ4n) is 1.55. The molecule has 18 heavy (non-hydrogen) atoms. The molecule has 0 unspecified atom stereocenters. The number of aromatic nitrogens is 2. The molecule has 1 aromatic heterocycles.